The molecule has 106 valence electrons. The van der Waals surface area contributed by atoms with Crippen LogP contribution in [0.2, 0.25) is 0 Å². The maximum absolute atomic E-state index is 5.91. The van der Waals surface area contributed by atoms with Gasteiger partial charge in [-0.15, -0.1) is 0 Å². The van der Waals surface area contributed by atoms with Crippen molar-refractivity contribution in [3.05, 3.63) is 57.8 Å². The van der Waals surface area contributed by atoms with E-state index in [2.05, 4.69) is 40.8 Å². The molecule has 2 rings (SSSR count). The maximum atomic E-state index is 5.91. The molecule has 0 saturated carbocycles. The molecule has 0 aliphatic heterocycles. The number of nitrogens with two attached hydrogens (primary N) is 1. The summed E-state index contributed by atoms with van der Waals surface area (Å²) in [5.41, 5.74) is 8.56. The first-order valence-electron chi connectivity index (χ1n) is 6.67. The van der Waals surface area contributed by atoms with Crippen molar-refractivity contribution in [1.82, 2.24) is 4.98 Å². The minimum absolute atomic E-state index is 0.408. The van der Waals surface area contributed by atoms with E-state index in [1.54, 1.807) is 0 Å². The predicted molar refractivity (Wildman–Crippen MR) is 84.7 cm³/mol. The molecule has 0 fully saturated rings. The molecule has 1 aromatic heterocycles. The van der Waals surface area contributed by atoms with Gasteiger partial charge in [0, 0.05) is 11.0 Å². The van der Waals surface area contributed by atoms with Crippen LogP contribution < -0.4 is 10.5 Å². The summed E-state index contributed by atoms with van der Waals surface area (Å²) in [5, 5.41) is 0. The van der Waals surface area contributed by atoms with Crippen LogP contribution in [0.3, 0.4) is 0 Å². The Kier molecular flexibility index (Phi) is 5.15. The molecule has 0 unspecified atom stereocenters. The molecule has 0 bridgehead atoms. The van der Waals surface area contributed by atoms with Crippen molar-refractivity contribution in [2.24, 2.45) is 5.73 Å². The average Bonchev–Trinajstić information content (AvgIpc) is 2.46. The largest absolute Gasteiger partial charge is 0.487 e. The van der Waals surface area contributed by atoms with Gasteiger partial charge in [-0.3, -0.25) is 4.98 Å². The number of aromatic nitrogens is 1. The Morgan fingerprint density at radius 2 is 1.95 bits per heavy atom. The van der Waals surface area contributed by atoms with Crippen LogP contribution >= 0.6 is 15.9 Å². The van der Waals surface area contributed by atoms with E-state index in [0.29, 0.717) is 19.1 Å². The summed E-state index contributed by atoms with van der Waals surface area (Å²) >= 11 is 3.50. The molecule has 0 amide bonds. The summed E-state index contributed by atoms with van der Waals surface area (Å²) in [4.78, 5) is 4.44. The van der Waals surface area contributed by atoms with Gasteiger partial charge in [0.05, 0.1) is 11.4 Å². The molecule has 2 aromatic rings. The highest BCUT2D eigenvalue weighted by Crippen LogP contribution is 2.30. The topological polar surface area (TPSA) is 48.1 Å². The van der Waals surface area contributed by atoms with Gasteiger partial charge in [0.25, 0.3) is 0 Å². The van der Waals surface area contributed by atoms with E-state index < -0.39 is 0 Å². The molecular weight excluding hydrogens is 316 g/mol. The van der Waals surface area contributed by atoms with Crippen LogP contribution in [0.1, 0.15) is 36.7 Å². The van der Waals surface area contributed by atoms with Gasteiger partial charge < -0.3 is 10.5 Å². The fourth-order valence-corrected chi connectivity index (χ4v) is 2.36. The number of pyridine rings is 1. The Balaban J connectivity index is 2.14. The molecule has 4 heteroatoms. The molecule has 1 aromatic carbocycles. The van der Waals surface area contributed by atoms with Gasteiger partial charge in [-0.25, -0.2) is 0 Å². The van der Waals surface area contributed by atoms with Crippen LogP contribution in [0.15, 0.2) is 40.9 Å². The van der Waals surface area contributed by atoms with Gasteiger partial charge in [-0.2, -0.15) is 0 Å². The molecule has 0 saturated heterocycles. The lowest BCUT2D eigenvalue weighted by molar-refractivity contribution is 0.296. The zero-order valence-corrected chi connectivity index (χ0v) is 13.4. The Morgan fingerprint density at radius 3 is 2.65 bits per heavy atom. The maximum Gasteiger partial charge on any atom is 0.130 e. The molecule has 0 spiro atoms. The zero-order chi connectivity index (χ0) is 14.5. The van der Waals surface area contributed by atoms with Crippen molar-refractivity contribution < 1.29 is 4.74 Å². The Morgan fingerprint density at radius 1 is 1.20 bits per heavy atom. The molecular formula is C16H19BrN2O. The lowest BCUT2D eigenvalue weighted by Crippen LogP contribution is -2.05. The van der Waals surface area contributed by atoms with Crippen molar-refractivity contribution in [2.75, 3.05) is 0 Å². The van der Waals surface area contributed by atoms with Crippen molar-refractivity contribution in [3.63, 3.8) is 0 Å². The molecule has 3 nitrogen and oxygen atoms in total. The smallest absolute Gasteiger partial charge is 0.130 e. The number of ether oxygens (including phenoxy) is 1. The minimum Gasteiger partial charge on any atom is -0.487 e. The molecule has 0 radical (unpaired) electrons. The Labute approximate surface area is 128 Å². The van der Waals surface area contributed by atoms with E-state index in [9.17, 15) is 0 Å². The van der Waals surface area contributed by atoms with Crippen LogP contribution in [0.4, 0.5) is 0 Å². The van der Waals surface area contributed by atoms with Crippen LogP contribution in [0.25, 0.3) is 0 Å². The highest BCUT2D eigenvalue weighted by atomic mass is 79.9. The van der Waals surface area contributed by atoms with Crippen molar-refractivity contribution >= 4 is 15.9 Å². The molecule has 0 aliphatic carbocycles. The average molecular weight is 335 g/mol. The highest BCUT2D eigenvalue weighted by molar-refractivity contribution is 9.10. The SMILES string of the molecule is CC(C)c1cc(Br)ccc1OCc1cccc(CN)n1. The predicted octanol–water partition coefficient (Wildman–Crippen LogP) is 4.01. The first kappa shape index (κ1) is 15.0. The van der Waals surface area contributed by atoms with Gasteiger partial charge >= 0.3 is 0 Å². The van der Waals surface area contributed by atoms with Crippen LogP contribution in [0, 0.1) is 0 Å². The standard InChI is InChI=1S/C16H19BrN2O/c1-11(2)15-8-12(17)6-7-16(15)20-10-14-5-3-4-13(9-18)19-14/h3-8,11H,9-10,18H2,1-2H3. The van der Waals surface area contributed by atoms with Crippen LogP contribution in [0.5, 0.6) is 5.75 Å². The summed E-state index contributed by atoms with van der Waals surface area (Å²) in [6.07, 6.45) is 0. The second-order valence-electron chi connectivity index (χ2n) is 4.95. The van der Waals surface area contributed by atoms with Gasteiger partial charge in [-0.1, -0.05) is 35.8 Å². The lowest BCUT2D eigenvalue weighted by Gasteiger charge is -2.14. The van der Waals surface area contributed by atoms with Crippen molar-refractivity contribution in [1.29, 1.82) is 0 Å². The van der Waals surface area contributed by atoms with E-state index in [4.69, 9.17) is 10.5 Å². The number of halogens is 1. The monoisotopic (exact) mass is 334 g/mol. The van der Waals surface area contributed by atoms with Crippen LogP contribution in [-0.4, -0.2) is 4.98 Å². The third-order valence-electron chi connectivity index (χ3n) is 3.04. The summed E-state index contributed by atoms with van der Waals surface area (Å²) in [6.45, 7) is 5.21. The van der Waals surface area contributed by atoms with Gasteiger partial charge in [0.15, 0.2) is 0 Å². The van der Waals surface area contributed by atoms with Gasteiger partial charge in [-0.05, 0) is 41.8 Å². The van der Waals surface area contributed by atoms with E-state index in [-0.39, 0.29) is 0 Å². The first-order chi connectivity index (χ1) is 9.60. The third-order valence-corrected chi connectivity index (χ3v) is 3.54. The quantitative estimate of drug-likeness (QED) is 0.898. The Hall–Kier alpha value is -1.39. The first-order valence-corrected chi connectivity index (χ1v) is 7.46. The third kappa shape index (κ3) is 3.81. The minimum atomic E-state index is 0.408. The molecule has 2 N–H and O–H groups in total. The zero-order valence-electron chi connectivity index (χ0n) is 11.8. The molecule has 1 heterocycles. The number of rotatable bonds is 5. The summed E-state index contributed by atoms with van der Waals surface area (Å²) in [7, 11) is 0. The number of nitrogens with zero attached hydrogens (tertiary/aromatic N) is 1. The number of hydrogen-bond donors (Lipinski definition) is 1. The second kappa shape index (κ2) is 6.86. The van der Waals surface area contributed by atoms with E-state index in [1.165, 1.54) is 5.56 Å². The number of benzene rings is 1. The van der Waals surface area contributed by atoms with Crippen LogP contribution in [-0.2, 0) is 13.2 Å². The second-order valence-corrected chi connectivity index (χ2v) is 5.87. The lowest BCUT2D eigenvalue weighted by atomic mass is 10.0. The van der Waals surface area contributed by atoms with Crippen molar-refractivity contribution in [2.45, 2.75) is 32.9 Å². The highest BCUT2D eigenvalue weighted by Gasteiger charge is 2.09. The van der Waals surface area contributed by atoms with Crippen molar-refractivity contribution in [3.8, 4) is 5.75 Å². The van der Waals surface area contributed by atoms with Gasteiger partial charge in [0.1, 0.15) is 12.4 Å². The normalized spacial score (nSPS) is 10.8. The summed E-state index contributed by atoms with van der Waals surface area (Å²) in [5.74, 6) is 1.31. The van der Waals surface area contributed by atoms with E-state index in [1.807, 2.05) is 30.3 Å². The fourth-order valence-electron chi connectivity index (χ4n) is 1.98. The fraction of sp³-hybridized carbons (Fsp3) is 0.312. The molecule has 0 aliphatic rings. The van der Waals surface area contributed by atoms with E-state index in [0.717, 1.165) is 21.6 Å². The molecule has 0 atom stereocenters. The molecule has 20 heavy (non-hydrogen) atoms. The van der Waals surface area contributed by atoms with E-state index >= 15 is 0 Å². The summed E-state index contributed by atoms with van der Waals surface area (Å²) < 4.78 is 6.98. The summed E-state index contributed by atoms with van der Waals surface area (Å²) in [6, 6.07) is 11.9. The number of hydrogen-bond acceptors (Lipinski definition) is 3. The van der Waals surface area contributed by atoms with Gasteiger partial charge in [0.2, 0.25) is 0 Å². The Bertz CT molecular complexity index is 584.